The van der Waals surface area contributed by atoms with Crippen molar-refractivity contribution in [1.82, 2.24) is 0 Å². The lowest BCUT2D eigenvalue weighted by molar-refractivity contribution is 0.281. The summed E-state index contributed by atoms with van der Waals surface area (Å²) in [5.74, 6) is 1.33. The minimum absolute atomic E-state index is 0.0112. The molecule has 2 aromatic carbocycles. The fraction of sp³-hybridized carbons (Fsp3) is 0.0714. The fourth-order valence-electron chi connectivity index (χ4n) is 1.54. The number of ether oxygens (including phenoxy) is 1. The number of nitrogens with one attached hydrogen (secondary N) is 1. The first-order chi connectivity index (χ1) is 9.10. The maximum atomic E-state index is 8.96. The summed E-state index contributed by atoms with van der Waals surface area (Å²) in [7, 11) is 0. The van der Waals surface area contributed by atoms with Crippen molar-refractivity contribution >= 4 is 21.8 Å². The number of benzene rings is 2. The number of hydrogen-bond donors (Lipinski definition) is 3. The average molecular weight is 321 g/mol. The first-order valence-corrected chi connectivity index (χ1v) is 6.41. The lowest BCUT2D eigenvalue weighted by atomic mass is 10.2. The summed E-state index contributed by atoms with van der Waals surface area (Å²) in [5.41, 5.74) is 6.88. The van der Waals surface area contributed by atoms with Crippen molar-refractivity contribution in [3.05, 3.63) is 58.1 Å². The van der Waals surface area contributed by atoms with Crippen molar-refractivity contribution in [3.8, 4) is 11.5 Å². The smallest absolute Gasteiger partial charge is 0.141 e. The first-order valence-electron chi connectivity index (χ1n) is 5.62. The van der Waals surface area contributed by atoms with Gasteiger partial charge in [-0.3, -0.25) is 5.41 Å². The molecule has 0 heterocycles. The van der Waals surface area contributed by atoms with Crippen molar-refractivity contribution < 1.29 is 9.84 Å². The van der Waals surface area contributed by atoms with Crippen molar-refractivity contribution in [1.29, 1.82) is 5.41 Å². The number of amidine groups is 1. The molecule has 0 bridgehead atoms. The maximum Gasteiger partial charge on any atom is 0.141 e. The summed E-state index contributed by atoms with van der Waals surface area (Å²) in [6.45, 7) is 0.0112. The van der Waals surface area contributed by atoms with E-state index in [1.807, 2.05) is 0 Å². The topological polar surface area (TPSA) is 79.3 Å². The Bertz CT molecular complexity index is 597. The standard InChI is InChI=1S/C14H13BrN2O2/c15-12-7-10(14(16)17)3-6-13(12)19-11-4-1-9(8-18)2-5-11/h1-7,18H,8H2,(H3,16,17). The Labute approximate surface area is 119 Å². The largest absolute Gasteiger partial charge is 0.456 e. The van der Waals surface area contributed by atoms with E-state index >= 15 is 0 Å². The van der Waals surface area contributed by atoms with Crippen molar-refractivity contribution in [2.24, 2.45) is 5.73 Å². The van der Waals surface area contributed by atoms with Crippen LogP contribution in [-0.4, -0.2) is 10.9 Å². The zero-order chi connectivity index (χ0) is 13.8. The molecule has 0 unspecified atom stereocenters. The SMILES string of the molecule is N=C(N)c1ccc(Oc2ccc(CO)cc2)c(Br)c1. The van der Waals surface area contributed by atoms with E-state index in [1.165, 1.54) is 0 Å². The van der Waals surface area contributed by atoms with E-state index in [2.05, 4.69) is 15.9 Å². The zero-order valence-corrected chi connectivity index (χ0v) is 11.6. The van der Waals surface area contributed by atoms with Gasteiger partial charge in [0, 0.05) is 5.56 Å². The number of rotatable bonds is 4. The lowest BCUT2D eigenvalue weighted by Crippen LogP contribution is -2.10. The van der Waals surface area contributed by atoms with E-state index < -0.39 is 0 Å². The number of nitrogens with two attached hydrogens (primary N) is 1. The predicted octanol–water partition coefficient (Wildman–Crippen LogP) is 3.02. The quantitative estimate of drug-likeness (QED) is 0.598. The Morgan fingerprint density at radius 1 is 1.21 bits per heavy atom. The summed E-state index contributed by atoms with van der Waals surface area (Å²) in [6, 6.07) is 12.4. The second-order valence-electron chi connectivity index (χ2n) is 3.96. The van der Waals surface area contributed by atoms with Gasteiger partial charge in [-0.1, -0.05) is 12.1 Å². The molecule has 98 valence electrons. The minimum Gasteiger partial charge on any atom is -0.456 e. The molecule has 0 saturated carbocycles. The normalized spacial score (nSPS) is 10.2. The van der Waals surface area contributed by atoms with Crippen LogP contribution in [0.2, 0.25) is 0 Å². The Kier molecular flexibility index (Phi) is 4.19. The van der Waals surface area contributed by atoms with Gasteiger partial charge in [0.15, 0.2) is 0 Å². The highest BCUT2D eigenvalue weighted by Gasteiger charge is 2.05. The third-order valence-electron chi connectivity index (χ3n) is 2.58. The first kappa shape index (κ1) is 13.6. The predicted molar refractivity (Wildman–Crippen MR) is 77.6 cm³/mol. The molecule has 0 aromatic heterocycles. The summed E-state index contributed by atoms with van der Waals surface area (Å²) < 4.78 is 6.43. The van der Waals surface area contributed by atoms with Gasteiger partial charge in [0.05, 0.1) is 11.1 Å². The van der Waals surface area contributed by atoms with Crippen LogP contribution in [0.3, 0.4) is 0 Å². The average Bonchev–Trinajstić information content (AvgIpc) is 2.41. The van der Waals surface area contributed by atoms with Crippen LogP contribution >= 0.6 is 15.9 Å². The van der Waals surface area contributed by atoms with Gasteiger partial charge >= 0.3 is 0 Å². The molecule has 4 nitrogen and oxygen atoms in total. The number of aliphatic hydroxyl groups is 1. The highest BCUT2D eigenvalue weighted by Crippen LogP contribution is 2.30. The Balaban J connectivity index is 2.20. The summed E-state index contributed by atoms with van der Waals surface area (Å²) in [6.07, 6.45) is 0. The monoisotopic (exact) mass is 320 g/mol. The highest BCUT2D eigenvalue weighted by atomic mass is 79.9. The van der Waals surface area contributed by atoms with Crippen LogP contribution in [0, 0.1) is 5.41 Å². The van der Waals surface area contributed by atoms with E-state index in [0.29, 0.717) is 17.1 Å². The van der Waals surface area contributed by atoms with E-state index in [-0.39, 0.29) is 12.4 Å². The molecule has 0 atom stereocenters. The van der Waals surface area contributed by atoms with Crippen LogP contribution < -0.4 is 10.5 Å². The van der Waals surface area contributed by atoms with E-state index in [9.17, 15) is 0 Å². The van der Waals surface area contributed by atoms with Crippen LogP contribution in [0.5, 0.6) is 11.5 Å². The fourth-order valence-corrected chi connectivity index (χ4v) is 2.00. The molecule has 5 heteroatoms. The number of aliphatic hydroxyl groups excluding tert-OH is 1. The van der Waals surface area contributed by atoms with E-state index in [4.69, 9.17) is 21.0 Å². The summed E-state index contributed by atoms with van der Waals surface area (Å²) in [5, 5.41) is 16.3. The third-order valence-corrected chi connectivity index (χ3v) is 3.20. The second kappa shape index (κ2) is 5.86. The molecular weight excluding hydrogens is 308 g/mol. The summed E-state index contributed by atoms with van der Waals surface area (Å²) >= 11 is 3.38. The molecule has 4 N–H and O–H groups in total. The third kappa shape index (κ3) is 3.33. The van der Waals surface area contributed by atoms with Crippen molar-refractivity contribution in [3.63, 3.8) is 0 Å². The van der Waals surface area contributed by atoms with Crippen LogP contribution in [0.15, 0.2) is 46.9 Å². The van der Waals surface area contributed by atoms with E-state index in [1.54, 1.807) is 42.5 Å². The molecule has 0 aliphatic carbocycles. The van der Waals surface area contributed by atoms with Gasteiger partial charge in [-0.25, -0.2) is 0 Å². The number of halogens is 1. The van der Waals surface area contributed by atoms with Gasteiger partial charge in [0.25, 0.3) is 0 Å². The molecule has 0 spiro atoms. The lowest BCUT2D eigenvalue weighted by Gasteiger charge is -2.09. The molecule has 2 aromatic rings. The van der Waals surface area contributed by atoms with Crippen molar-refractivity contribution in [2.45, 2.75) is 6.61 Å². The van der Waals surface area contributed by atoms with Gasteiger partial charge in [-0.05, 0) is 51.8 Å². The van der Waals surface area contributed by atoms with Gasteiger partial charge in [0.2, 0.25) is 0 Å². The molecule has 0 saturated heterocycles. The zero-order valence-electron chi connectivity index (χ0n) is 10.1. The van der Waals surface area contributed by atoms with Crippen LogP contribution in [0.1, 0.15) is 11.1 Å². The highest BCUT2D eigenvalue weighted by molar-refractivity contribution is 9.10. The molecule has 0 radical (unpaired) electrons. The van der Waals surface area contributed by atoms with Gasteiger partial charge in [-0.15, -0.1) is 0 Å². The Hall–Kier alpha value is -1.85. The molecule has 2 rings (SSSR count). The minimum atomic E-state index is 0.0112. The molecule has 0 aliphatic heterocycles. The van der Waals surface area contributed by atoms with Gasteiger partial charge < -0.3 is 15.6 Å². The molecule has 0 amide bonds. The Morgan fingerprint density at radius 3 is 2.42 bits per heavy atom. The molecule has 0 aliphatic rings. The number of nitrogen functional groups attached to an aromatic ring is 1. The van der Waals surface area contributed by atoms with Gasteiger partial charge in [-0.2, -0.15) is 0 Å². The van der Waals surface area contributed by atoms with Crippen LogP contribution in [0.25, 0.3) is 0 Å². The molecular formula is C14H13BrN2O2. The Morgan fingerprint density at radius 2 is 1.89 bits per heavy atom. The van der Waals surface area contributed by atoms with Crippen LogP contribution in [-0.2, 0) is 6.61 Å². The van der Waals surface area contributed by atoms with Crippen LogP contribution in [0.4, 0.5) is 0 Å². The van der Waals surface area contributed by atoms with E-state index in [0.717, 1.165) is 10.0 Å². The van der Waals surface area contributed by atoms with Crippen molar-refractivity contribution in [2.75, 3.05) is 0 Å². The maximum absolute atomic E-state index is 8.96. The van der Waals surface area contributed by atoms with Gasteiger partial charge in [0.1, 0.15) is 17.3 Å². The molecule has 19 heavy (non-hydrogen) atoms. The second-order valence-corrected chi connectivity index (χ2v) is 4.82. The molecule has 0 fully saturated rings. The number of hydrogen-bond acceptors (Lipinski definition) is 3. The summed E-state index contributed by atoms with van der Waals surface area (Å²) in [4.78, 5) is 0.